The molecule has 0 fully saturated rings. The first-order valence-corrected chi connectivity index (χ1v) is 12.3. The SMILES string of the molecule is Cc1ccc(NC(=O)c2ccc(C(C)(C)C)s2)cc1NC(=O)c1cnc(Nc2ccccn2)s1. The van der Waals surface area contributed by atoms with Crippen LogP contribution >= 0.6 is 22.7 Å². The summed E-state index contributed by atoms with van der Waals surface area (Å²) in [7, 11) is 0. The molecule has 0 aliphatic heterocycles. The largest absolute Gasteiger partial charge is 0.321 e. The molecule has 0 bridgehead atoms. The lowest BCUT2D eigenvalue weighted by Gasteiger charge is -2.15. The predicted molar refractivity (Wildman–Crippen MR) is 140 cm³/mol. The number of nitrogens with one attached hydrogen (secondary N) is 3. The second-order valence-electron chi connectivity index (χ2n) is 8.72. The van der Waals surface area contributed by atoms with Gasteiger partial charge in [-0.15, -0.1) is 11.3 Å². The Kier molecular flexibility index (Phi) is 6.76. The zero-order valence-electron chi connectivity index (χ0n) is 19.3. The summed E-state index contributed by atoms with van der Waals surface area (Å²) < 4.78 is 0. The Morgan fingerprint density at radius 1 is 0.882 bits per heavy atom. The maximum atomic E-state index is 12.8. The van der Waals surface area contributed by atoms with E-state index in [1.165, 1.54) is 28.9 Å². The third kappa shape index (κ3) is 5.67. The lowest BCUT2D eigenvalue weighted by Crippen LogP contribution is -2.13. The van der Waals surface area contributed by atoms with E-state index < -0.39 is 0 Å². The fourth-order valence-electron chi connectivity index (χ4n) is 3.06. The van der Waals surface area contributed by atoms with Crippen LogP contribution in [0, 0.1) is 6.92 Å². The summed E-state index contributed by atoms with van der Waals surface area (Å²) in [6.45, 7) is 8.26. The van der Waals surface area contributed by atoms with Gasteiger partial charge in [-0.1, -0.05) is 44.2 Å². The molecule has 0 aliphatic carbocycles. The molecule has 0 saturated heterocycles. The number of rotatable bonds is 6. The second-order valence-corrected chi connectivity index (χ2v) is 10.8. The molecule has 3 heterocycles. The fourth-order valence-corrected chi connectivity index (χ4v) is 4.73. The van der Waals surface area contributed by atoms with Gasteiger partial charge < -0.3 is 16.0 Å². The normalized spacial score (nSPS) is 11.2. The number of hydrogen-bond donors (Lipinski definition) is 3. The van der Waals surface area contributed by atoms with Crippen molar-refractivity contribution in [2.24, 2.45) is 0 Å². The molecule has 2 amide bonds. The highest BCUT2D eigenvalue weighted by atomic mass is 32.1. The molecule has 0 unspecified atom stereocenters. The molecule has 174 valence electrons. The molecule has 3 N–H and O–H groups in total. The number of carbonyl (C=O) groups is 2. The first-order valence-electron chi connectivity index (χ1n) is 10.7. The van der Waals surface area contributed by atoms with E-state index in [0.717, 1.165) is 10.4 Å². The van der Waals surface area contributed by atoms with Crippen molar-refractivity contribution in [1.82, 2.24) is 9.97 Å². The minimum atomic E-state index is -0.272. The van der Waals surface area contributed by atoms with Gasteiger partial charge in [0.15, 0.2) is 5.13 Å². The lowest BCUT2D eigenvalue weighted by atomic mass is 9.95. The van der Waals surface area contributed by atoms with Crippen LogP contribution in [-0.2, 0) is 5.41 Å². The molecule has 0 saturated carbocycles. The van der Waals surface area contributed by atoms with E-state index >= 15 is 0 Å². The lowest BCUT2D eigenvalue weighted by molar-refractivity contribution is 0.102. The van der Waals surface area contributed by atoms with Gasteiger partial charge in [-0.2, -0.15) is 0 Å². The van der Waals surface area contributed by atoms with Gasteiger partial charge in [0.2, 0.25) is 0 Å². The Labute approximate surface area is 206 Å². The van der Waals surface area contributed by atoms with Crippen molar-refractivity contribution in [3.8, 4) is 0 Å². The second kappa shape index (κ2) is 9.74. The minimum absolute atomic E-state index is 0.00580. The van der Waals surface area contributed by atoms with Crippen molar-refractivity contribution >= 4 is 56.8 Å². The molecule has 0 aliphatic rings. The van der Waals surface area contributed by atoms with Crippen molar-refractivity contribution in [2.45, 2.75) is 33.1 Å². The molecule has 4 rings (SSSR count). The molecule has 1 aromatic carbocycles. The standard InChI is InChI=1S/C25H25N5O2S2/c1-15-8-9-16(28-22(31)18-10-11-20(33-18)25(2,3)4)13-17(15)29-23(32)19-14-27-24(34-19)30-21-7-5-6-12-26-21/h5-14H,1-4H3,(H,28,31)(H,29,32)(H,26,27,30). The first kappa shape index (κ1) is 23.6. The molecule has 0 radical (unpaired) electrons. The van der Waals surface area contributed by atoms with Gasteiger partial charge in [0.1, 0.15) is 10.7 Å². The van der Waals surface area contributed by atoms with E-state index in [-0.39, 0.29) is 17.2 Å². The van der Waals surface area contributed by atoms with Crippen molar-refractivity contribution in [3.05, 3.63) is 81.1 Å². The highest BCUT2D eigenvalue weighted by Crippen LogP contribution is 2.30. The summed E-state index contributed by atoms with van der Waals surface area (Å²) in [6.07, 6.45) is 3.20. The average molecular weight is 492 g/mol. The number of thiophene rings is 1. The van der Waals surface area contributed by atoms with Gasteiger partial charge >= 0.3 is 0 Å². The Balaban J connectivity index is 1.43. The van der Waals surface area contributed by atoms with Crippen LogP contribution in [0.15, 0.2) is 60.9 Å². The van der Waals surface area contributed by atoms with E-state index in [9.17, 15) is 9.59 Å². The third-order valence-corrected chi connectivity index (χ3v) is 7.36. The zero-order chi connectivity index (χ0) is 24.3. The monoisotopic (exact) mass is 491 g/mol. The molecule has 7 nitrogen and oxygen atoms in total. The van der Waals surface area contributed by atoms with Crippen LogP contribution in [-0.4, -0.2) is 21.8 Å². The summed E-state index contributed by atoms with van der Waals surface area (Å²) in [4.78, 5) is 36.3. The number of amides is 2. The fraction of sp³-hybridized carbons (Fsp3) is 0.200. The van der Waals surface area contributed by atoms with Gasteiger partial charge in [0.25, 0.3) is 11.8 Å². The number of pyridine rings is 1. The van der Waals surface area contributed by atoms with Crippen LogP contribution in [0.4, 0.5) is 22.3 Å². The van der Waals surface area contributed by atoms with Crippen LogP contribution in [0.25, 0.3) is 0 Å². The zero-order valence-corrected chi connectivity index (χ0v) is 20.9. The van der Waals surface area contributed by atoms with Crippen molar-refractivity contribution in [3.63, 3.8) is 0 Å². The number of thiazole rings is 1. The van der Waals surface area contributed by atoms with Crippen LogP contribution in [0.2, 0.25) is 0 Å². The van der Waals surface area contributed by atoms with Crippen molar-refractivity contribution in [2.75, 3.05) is 16.0 Å². The molecule has 9 heteroatoms. The number of aromatic nitrogens is 2. The van der Waals surface area contributed by atoms with Crippen molar-refractivity contribution < 1.29 is 9.59 Å². The summed E-state index contributed by atoms with van der Waals surface area (Å²) in [5, 5.41) is 9.51. The Morgan fingerprint density at radius 2 is 1.68 bits per heavy atom. The van der Waals surface area contributed by atoms with Gasteiger partial charge in [-0.25, -0.2) is 9.97 Å². The van der Waals surface area contributed by atoms with Gasteiger partial charge in [-0.05, 0) is 54.3 Å². The quantitative estimate of drug-likeness (QED) is 0.288. The van der Waals surface area contributed by atoms with Crippen molar-refractivity contribution in [1.29, 1.82) is 0 Å². The first-order chi connectivity index (χ1) is 16.2. The summed E-state index contributed by atoms with van der Waals surface area (Å²) in [5.41, 5.74) is 2.11. The molecule has 34 heavy (non-hydrogen) atoms. The van der Waals surface area contributed by atoms with Crippen LogP contribution in [0.1, 0.15) is 50.6 Å². The molecule has 3 aromatic heterocycles. The summed E-state index contributed by atoms with van der Waals surface area (Å²) >= 11 is 2.72. The molecule has 0 atom stereocenters. The Morgan fingerprint density at radius 3 is 2.38 bits per heavy atom. The molecular formula is C25H25N5O2S2. The number of carbonyl (C=O) groups excluding carboxylic acids is 2. The number of anilines is 4. The number of nitrogens with zero attached hydrogens (tertiary/aromatic N) is 2. The van der Waals surface area contributed by atoms with Crippen LogP contribution < -0.4 is 16.0 Å². The number of hydrogen-bond acceptors (Lipinski definition) is 7. The third-order valence-electron chi connectivity index (χ3n) is 4.94. The van der Waals surface area contributed by atoms with E-state index in [4.69, 9.17) is 0 Å². The van der Waals surface area contributed by atoms with Gasteiger partial charge in [0.05, 0.1) is 11.1 Å². The maximum Gasteiger partial charge on any atom is 0.267 e. The van der Waals surface area contributed by atoms with Crippen LogP contribution in [0.5, 0.6) is 0 Å². The maximum absolute atomic E-state index is 12.8. The van der Waals surface area contributed by atoms with Crippen LogP contribution in [0.3, 0.4) is 0 Å². The van der Waals surface area contributed by atoms with E-state index in [1.54, 1.807) is 12.3 Å². The van der Waals surface area contributed by atoms with Gasteiger partial charge in [-0.3, -0.25) is 9.59 Å². The highest BCUT2D eigenvalue weighted by molar-refractivity contribution is 7.17. The smallest absolute Gasteiger partial charge is 0.267 e. The molecule has 4 aromatic rings. The average Bonchev–Trinajstić information content (AvgIpc) is 3.47. The summed E-state index contributed by atoms with van der Waals surface area (Å²) in [6, 6.07) is 14.8. The van der Waals surface area contributed by atoms with E-state index in [1.807, 2.05) is 49.4 Å². The Bertz CT molecular complexity index is 1320. The van der Waals surface area contributed by atoms with E-state index in [2.05, 4.69) is 46.7 Å². The molecule has 0 spiro atoms. The molecular weight excluding hydrogens is 466 g/mol. The minimum Gasteiger partial charge on any atom is -0.321 e. The predicted octanol–water partition coefficient (Wildman–Crippen LogP) is 6.45. The van der Waals surface area contributed by atoms with Gasteiger partial charge in [0, 0.05) is 22.4 Å². The topological polar surface area (TPSA) is 96.0 Å². The summed E-state index contributed by atoms with van der Waals surface area (Å²) in [5.74, 6) is 0.212. The number of benzene rings is 1. The number of aryl methyl sites for hydroxylation is 1. The highest BCUT2D eigenvalue weighted by Gasteiger charge is 2.19. The Hall–Kier alpha value is -3.56. The van der Waals surface area contributed by atoms with E-state index in [0.29, 0.717) is 32.1 Å².